The predicted octanol–water partition coefficient (Wildman–Crippen LogP) is 4.13. The number of carbonyl (C=O) groups is 1. The minimum absolute atomic E-state index is 0.116. The molecule has 1 aromatic carbocycles. The Morgan fingerprint density at radius 3 is 2.57 bits per heavy atom. The molecule has 0 fully saturated rings. The Balaban J connectivity index is 2.14. The van der Waals surface area contributed by atoms with Crippen LogP contribution in [0.2, 0.25) is 0 Å². The zero-order chi connectivity index (χ0) is 16.6. The molecule has 0 amide bonds. The van der Waals surface area contributed by atoms with E-state index in [4.69, 9.17) is 5.11 Å². The van der Waals surface area contributed by atoms with Crippen LogP contribution in [0.3, 0.4) is 0 Å². The van der Waals surface area contributed by atoms with Crippen molar-refractivity contribution in [3.63, 3.8) is 0 Å². The van der Waals surface area contributed by atoms with Gasteiger partial charge in [0.15, 0.2) is 0 Å². The first-order valence-electron chi connectivity index (χ1n) is 6.42. The van der Waals surface area contributed by atoms with Gasteiger partial charge in [-0.25, -0.2) is 14.3 Å². The van der Waals surface area contributed by atoms with Crippen molar-refractivity contribution in [1.82, 2.24) is 9.55 Å². The molecule has 0 spiro atoms. The Morgan fingerprint density at radius 1 is 1.13 bits per heavy atom. The molecule has 0 aliphatic rings. The molecule has 2 heterocycles. The number of alkyl halides is 3. The van der Waals surface area contributed by atoms with Gasteiger partial charge in [-0.2, -0.15) is 0 Å². The minimum Gasteiger partial charge on any atom is -0.464 e. The first-order valence-corrected chi connectivity index (χ1v) is 6.42. The smallest absolute Gasteiger partial charge is 0.464 e. The zero-order valence-electron chi connectivity index (χ0n) is 11.4. The number of pyridine rings is 1. The van der Waals surface area contributed by atoms with Gasteiger partial charge in [-0.1, -0.05) is 12.1 Å². The van der Waals surface area contributed by atoms with Crippen molar-refractivity contribution in [2.24, 2.45) is 0 Å². The number of rotatable bonds is 2. The van der Waals surface area contributed by atoms with Crippen LogP contribution >= 0.6 is 0 Å². The van der Waals surface area contributed by atoms with Gasteiger partial charge in [0, 0.05) is 17.1 Å². The van der Waals surface area contributed by atoms with Crippen molar-refractivity contribution in [3.8, 4) is 17.0 Å². The lowest BCUT2D eigenvalue weighted by Gasteiger charge is -2.13. The van der Waals surface area contributed by atoms with Crippen LogP contribution in [0.15, 0.2) is 48.7 Å². The van der Waals surface area contributed by atoms with Gasteiger partial charge in [0.1, 0.15) is 11.4 Å². The summed E-state index contributed by atoms with van der Waals surface area (Å²) in [5, 5.41) is 9.65. The van der Waals surface area contributed by atoms with Crippen molar-refractivity contribution in [2.75, 3.05) is 0 Å². The molecule has 1 N–H and O–H groups in total. The number of fused-ring (bicyclic) bond motifs is 1. The monoisotopic (exact) mass is 322 g/mol. The van der Waals surface area contributed by atoms with Crippen LogP contribution in [0.4, 0.5) is 18.0 Å². The number of nitrogens with zero attached hydrogens (tertiary/aromatic N) is 2. The molecule has 0 saturated carbocycles. The third-order valence-corrected chi connectivity index (χ3v) is 3.13. The van der Waals surface area contributed by atoms with Crippen molar-refractivity contribution < 1.29 is 27.8 Å². The molecule has 0 radical (unpaired) electrons. The zero-order valence-corrected chi connectivity index (χ0v) is 11.4. The van der Waals surface area contributed by atoms with E-state index in [0.29, 0.717) is 5.39 Å². The molecule has 3 aromatic rings. The maximum atomic E-state index is 12.5. The highest BCUT2D eigenvalue weighted by Crippen LogP contribution is 2.33. The molecular formula is C15H9F3N2O3. The summed E-state index contributed by atoms with van der Waals surface area (Å²) < 4.78 is 42.3. The standard InChI is InChI=1S/C15H9F3N2O3/c16-15(17,18)23-12-4-2-1-3-10(12)11-6-5-9-7-8-20(14(21)22)13(9)19-11/h1-8H,(H,21,22). The first kappa shape index (κ1) is 14.9. The van der Waals surface area contributed by atoms with Crippen LogP contribution in [-0.2, 0) is 0 Å². The molecule has 23 heavy (non-hydrogen) atoms. The number of ether oxygens (including phenoxy) is 1. The highest BCUT2D eigenvalue weighted by Gasteiger charge is 2.32. The quantitative estimate of drug-likeness (QED) is 0.770. The van der Waals surface area contributed by atoms with Crippen LogP contribution in [0.5, 0.6) is 5.75 Å². The lowest BCUT2D eigenvalue weighted by Crippen LogP contribution is -2.17. The summed E-state index contributed by atoms with van der Waals surface area (Å²) in [5.41, 5.74) is 0.431. The number of para-hydroxylation sites is 1. The summed E-state index contributed by atoms with van der Waals surface area (Å²) >= 11 is 0. The number of halogens is 3. The fourth-order valence-corrected chi connectivity index (χ4v) is 2.20. The molecule has 2 aromatic heterocycles. The second kappa shape index (κ2) is 5.31. The Labute approximate surface area is 127 Å². The van der Waals surface area contributed by atoms with Crippen LogP contribution in [0.25, 0.3) is 22.3 Å². The van der Waals surface area contributed by atoms with E-state index in [1.165, 1.54) is 30.5 Å². The van der Waals surface area contributed by atoms with E-state index in [1.807, 2.05) is 0 Å². The molecule has 5 nitrogen and oxygen atoms in total. The SMILES string of the molecule is O=C(O)n1ccc2ccc(-c3ccccc3OC(F)(F)F)nc21. The molecular weight excluding hydrogens is 313 g/mol. The largest absolute Gasteiger partial charge is 0.573 e. The number of hydrogen-bond donors (Lipinski definition) is 1. The third kappa shape index (κ3) is 2.96. The number of aromatic nitrogens is 2. The predicted molar refractivity (Wildman–Crippen MR) is 75.3 cm³/mol. The maximum absolute atomic E-state index is 12.5. The summed E-state index contributed by atoms with van der Waals surface area (Å²) in [4.78, 5) is 15.3. The van der Waals surface area contributed by atoms with Gasteiger partial charge in [0.2, 0.25) is 0 Å². The highest BCUT2D eigenvalue weighted by atomic mass is 19.4. The number of hydrogen-bond acceptors (Lipinski definition) is 3. The lowest BCUT2D eigenvalue weighted by atomic mass is 10.1. The molecule has 0 aliphatic carbocycles. The molecule has 3 rings (SSSR count). The van der Waals surface area contributed by atoms with E-state index in [0.717, 1.165) is 4.57 Å². The van der Waals surface area contributed by atoms with E-state index >= 15 is 0 Å². The summed E-state index contributed by atoms with van der Waals surface area (Å²) in [7, 11) is 0. The number of carboxylic acid groups (broad SMARTS) is 1. The average molecular weight is 322 g/mol. The van der Waals surface area contributed by atoms with Gasteiger partial charge in [0.05, 0.1) is 5.69 Å². The van der Waals surface area contributed by atoms with Gasteiger partial charge in [-0.15, -0.1) is 13.2 Å². The minimum atomic E-state index is -4.83. The third-order valence-electron chi connectivity index (χ3n) is 3.13. The topological polar surface area (TPSA) is 64.3 Å². The van der Waals surface area contributed by atoms with Crippen molar-refractivity contribution >= 4 is 17.1 Å². The lowest BCUT2D eigenvalue weighted by molar-refractivity contribution is -0.274. The van der Waals surface area contributed by atoms with Gasteiger partial charge in [-0.3, -0.25) is 0 Å². The first-order chi connectivity index (χ1) is 10.8. The van der Waals surface area contributed by atoms with Crippen LogP contribution in [0.1, 0.15) is 0 Å². The Kier molecular flexibility index (Phi) is 3.44. The molecule has 0 saturated heterocycles. The van der Waals surface area contributed by atoms with E-state index in [-0.39, 0.29) is 16.9 Å². The van der Waals surface area contributed by atoms with Crippen LogP contribution in [-0.4, -0.2) is 27.1 Å². The van der Waals surface area contributed by atoms with Crippen molar-refractivity contribution in [1.29, 1.82) is 0 Å². The van der Waals surface area contributed by atoms with E-state index in [2.05, 4.69) is 9.72 Å². The molecule has 0 atom stereocenters. The molecule has 8 heteroatoms. The second-order valence-electron chi connectivity index (χ2n) is 4.62. The summed E-state index contributed by atoms with van der Waals surface area (Å²) in [6, 6.07) is 10.2. The van der Waals surface area contributed by atoms with E-state index in [9.17, 15) is 18.0 Å². The van der Waals surface area contributed by atoms with E-state index < -0.39 is 18.2 Å². The fourth-order valence-electron chi connectivity index (χ4n) is 2.20. The fraction of sp³-hybridized carbons (Fsp3) is 0.0667. The highest BCUT2D eigenvalue weighted by molar-refractivity contribution is 5.88. The Bertz CT molecular complexity index is 887. The number of benzene rings is 1. The van der Waals surface area contributed by atoms with E-state index in [1.54, 1.807) is 18.2 Å². The van der Waals surface area contributed by atoms with Crippen LogP contribution < -0.4 is 4.74 Å². The molecule has 118 valence electrons. The summed E-state index contributed by atoms with van der Waals surface area (Å²) in [5.74, 6) is -0.403. The Morgan fingerprint density at radius 2 is 1.87 bits per heavy atom. The van der Waals surface area contributed by atoms with Crippen LogP contribution in [0, 0.1) is 0 Å². The molecule has 0 bridgehead atoms. The molecule has 0 aliphatic heterocycles. The second-order valence-corrected chi connectivity index (χ2v) is 4.62. The average Bonchev–Trinajstić information content (AvgIpc) is 2.89. The summed E-state index contributed by atoms with van der Waals surface area (Å²) in [6.45, 7) is 0. The van der Waals surface area contributed by atoms with Gasteiger partial charge < -0.3 is 9.84 Å². The van der Waals surface area contributed by atoms with Crippen molar-refractivity contribution in [2.45, 2.75) is 6.36 Å². The maximum Gasteiger partial charge on any atom is 0.573 e. The van der Waals surface area contributed by atoms with Crippen molar-refractivity contribution in [3.05, 3.63) is 48.7 Å². The van der Waals surface area contributed by atoms with Gasteiger partial charge in [0.25, 0.3) is 0 Å². The molecule has 0 unspecified atom stereocenters. The Hall–Kier alpha value is -3.03. The summed E-state index contributed by atoms with van der Waals surface area (Å²) in [6.07, 6.45) is -4.74. The normalized spacial score (nSPS) is 11.6. The van der Waals surface area contributed by atoms with Gasteiger partial charge in [-0.05, 0) is 30.3 Å². The van der Waals surface area contributed by atoms with Gasteiger partial charge >= 0.3 is 12.5 Å².